The summed E-state index contributed by atoms with van der Waals surface area (Å²) in [6.45, 7) is 1.14. The van der Waals surface area contributed by atoms with Crippen molar-refractivity contribution in [3.63, 3.8) is 0 Å². The molecule has 1 aromatic carbocycles. The summed E-state index contributed by atoms with van der Waals surface area (Å²) in [4.78, 5) is 23.5. The number of carbonyl (C=O) groups excluding carboxylic acids is 2. The Kier molecular flexibility index (Phi) is 3.94. The fourth-order valence-corrected chi connectivity index (χ4v) is 1.94. The molecule has 0 radical (unpaired) electrons. The lowest BCUT2D eigenvalue weighted by atomic mass is 10.1. The number of piperidine rings is 1. The largest absolute Gasteiger partial charge is 0.354 e. The van der Waals surface area contributed by atoms with Gasteiger partial charge in [-0.25, -0.2) is 0 Å². The Morgan fingerprint density at radius 1 is 1.39 bits per heavy atom. The van der Waals surface area contributed by atoms with Gasteiger partial charge in [-0.05, 0) is 30.5 Å². The first kappa shape index (κ1) is 12.6. The number of hydrogen-bond acceptors (Lipinski definition) is 3. The van der Waals surface area contributed by atoms with Gasteiger partial charge in [0.2, 0.25) is 5.91 Å². The number of amides is 2. The number of nitrogens with two attached hydrogens (primary N) is 1. The van der Waals surface area contributed by atoms with E-state index in [4.69, 9.17) is 5.73 Å². The van der Waals surface area contributed by atoms with E-state index in [9.17, 15) is 9.59 Å². The topological polar surface area (TPSA) is 84.2 Å². The molecule has 96 valence electrons. The Morgan fingerprint density at radius 3 is 2.72 bits per heavy atom. The van der Waals surface area contributed by atoms with Crippen LogP contribution in [-0.2, 0) is 11.3 Å². The first-order valence-electron chi connectivity index (χ1n) is 6.08. The maximum absolute atomic E-state index is 11.9. The molecule has 1 aromatic rings. The number of carbonyl (C=O) groups is 2. The third kappa shape index (κ3) is 2.87. The van der Waals surface area contributed by atoms with Crippen LogP contribution in [0.2, 0.25) is 0 Å². The van der Waals surface area contributed by atoms with Crippen molar-refractivity contribution in [2.45, 2.75) is 25.4 Å². The Bertz CT molecular complexity index is 442. The van der Waals surface area contributed by atoms with Crippen LogP contribution in [0.25, 0.3) is 0 Å². The summed E-state index contributed by atoms with van der Waals surface area (Å²) in [5.41, 5.74) is 7.01. The van der Waals surface area contributed by atoms with E-state index in [1.807, 2.05) is 12.1 Å². The average molecular weight is 247 g/mol. The molecule has 1 aliphatic heterocycles. The third-order valence-electron chi connectivity index (χ3n) is 3.04. The lowest BCUT2D eigenvalue weighted by Crippen LogP contribution is -2.50. The van der Waals surface area contributed by atoms with E-state index in [1.165, 1.54) is 0 Å². The molecule has 0 spiro atoms. The van der Waals surface area contributed by atoms with E-state index < -0.39 is 6.04 Å². The zero-order valence-corrected chi connectivity index (χ0v) is 10.1. The molecule has 0 aromatic heterocycles. The molecule has 0 bridgehead atoms. The number of benzene rings is 1. The van der Waals surface area contributed by atoms with Crippen LogP contribution in [0.5, 0.6) is 0 Å². The second-order valence-electron chi connectivity index (χ2n) is 4.36. The minimum absolute atomic E-state index is 0.104. The first-order chi connectivity index (χ1) is 8.70. The minimum Gasteiger partial charge on any atom is -0.354 e. The molecule has 1 saturated heterocycles. The molecule has 1 fully saturated rings. The Labute approximate surface area is 106 Å². The lowest BCUT2D eigenvalue weighted by Gasteiger charge is -2.22. The van der Waals surface area contributed by atoms with Crippen LogP contribution in [0.1, 0.15) is 28.8 Å². The third-order valence-corrected chi connectivity index (χ3v) is 3.04. The molecule has 2 rings (SSSR count). The highest BCUT2D eigenvalue weighted by Gasteiger charge is 2.23. The highest BCUT2D eigenvalue weighted by Crippen LogP contribution is 2.07. The molecule has 1 heterocycles. The highest BCUT2D eigenvalue weighted by atomic mass is 16.2. The molecular weight excluding hydrogens is 230 g/mol. The summed E-state index contributed by atoms with van der Waals surface area (Å²) in [5, 5.41) is 5.48. The van der Waals surface area contributed by atoms with Gasteiger partial charge < -0.3 is 16.4 Å². The summed E-state index contributed by atoms with van der Waals surface area (Å²) < 4.78 is 0. The van der Waals surface area contributed by atoms with Gasteiger partial charge in [0, 0.05) is 18.7 Å². The van der Waals surface area contributed by atoms with E-state index in [0.717, 1.165) is 12.0 Å². The molecule has 1 atom stereocenters. The van der Waals surface area contributed by atoms with E-state index in [-0.39, 0.29) is 11.8 Å². The first-order valence-corrected chi connectivity index (χ1v) is 6.08. The van der Waals surface area contributed by atoms with Crippen LogP contribution in [0, 0.1) is 0 Å². The number of hydrogen-bond donors (Lipinski definition) is 3. The summed E-state index contributed by atoms with van der Waals surface area (Å²) in [5.74, 6) is -0.325. The molecule has 0 saturated carbocycles. The Morgan fingerprint density at radius 2 is 2.11 bits per heavy atom. The molecule has 18 heavy (non-hydrogen) atoms. The molecule has 1 aliphatic rings. The zero-order chi connectivity index (χ0) is 13.0. The van der Waals surface area contributed by atoms with Gasteiger partial charge in [0.15, 0.2) is 0 Å². The SMILES string of the molecule is NCc1ccc(C(=O)NC2CCCNC2=O)cc1. The van der Waals surface area contributed by atoms with E-state index in [2.05, 4.69) is 10.6 Å². The predicted molar refractivity (Wildman–Crippen MR) is 67.8 cm³/mol. The summed E-state index contributed by atoms with van der Waals surface area (Å²) in [6.07, 6.45) is 1.58. The van der Waals surface area contributed by atoms with Crippen LogP contribution < -0.4 is 16.4 Å². The summed E-state index contributed by atoms with van der Waals surface area (Å²) in [7, 11) is 0. The van der Waals surface area contributed by atoms with Crippen LogP contribution in [0.4, 0.5) is 0 Å². The predicted octanol–water partition coefficient (Wildman–Crippen LogP) is 0.154. The monoisotopic (exact) mass is 247 g/mol. The van der Waals surface area contributed by atoms with Crippen molar-refractivity contribution in [3.05, 3.63) is 35.4 Å². The van der Waals surface area contributed by atoms with Gasteiger partial charge in [-0.2, -0.15) is 0 Å². The molecule has 5 heteroatoms. The smallest absolute Gasteiger partial charge is 0.251 e. The standard InChI is InChI=1S/C13H17N3O2/c14-8-9-3-5-10(6-4-9)12(17)16-11-2-1-7-15-13(11)18/h3-6,11H,1-2,7-8,14H2,(H,15,18)(H,16,17). The summed E-state index contributed by atoms with van der Waals surface area (Å²) >= 11 is 0. The van der Waals surface area contributed by atoms with E-state index in [1.54, 1.807) is 12.1 Å². The molecule has 2 amide bonds. The number of rotatable bonds is 3. The van der Waals surface area contributed by atoms with Gasteiger partial charge >= 0.3 is 0 Å². The Balaban J connectivity index is 2.00. The van der Waals surface area contributed by atoms with Crippen LogP contribution >= 0.6 is 0 Å². The molecular formula is C13H17N3O2. The Hall–Kier alpha value is -1.88. The van der Waals surface area contributed by atoms with Crippen molar-refractivity contribution in [2.75, 3.05) is 6.54 Å². The van der Waals surface area contributed by atoms with Gasteiger partial charge in [0.1, 0.15) is 6.04 Å². The van der Waals surface area contributed by atoms with Crippen molar-refractivity contribution < 1.29 is 9.59 Å². The van der Waals surface area contributed by atoms with Gasteiger partial charge in [0.05, 0.1) is 0 Å². The maximum Gasteiger partial charge on any atom is 0.251 e. The van der Waals surface area contributed by atoms with Gasteiger partial charge in [-0.1, -0.05) is 12.1 Å². The second kappa shape index (κ2) is 5.64. The fraction of sp³-hybridized carbons (Fsp3) is 0.385. The van der Waals surface area contributed by atoms with Crippen molar-refractivity contribution in [2.24, 2.45) is 5.73 Å². The average Bonchev–Trinajstić information content (AvgIpc) is 2.41. The number of nitrogens with one attached hydrogen (secondary N) is 2. The second-order valence-corrected chi connectivity index (χ2v) is 4.36. The minimum atomic E-state index is -0.416. The maximum atomic E-state index is 11.9. The van der Waals surface area contributed by atoms with Crippen molar-refractivity contribution >= 4 is 11.8 Å². The molecule has 4 N–H and O–H groups in total. The van der Waals surface area contributed by atoms with E-state index >= 15 is 0 Å². The van der Waals surface area contributed by atoms with Crippen molar-refractivity contribution in [1.29, 1.82) is 0 Å². The lowest BCUT2D eigenvalue weighted by molar-refractivity contribution is -0.124. The summed E-state index contributed by atoms with van der Waals surface area (Å²) in [6, 6.07) is 6.66. The van der Waals surface area contributed by atoms with Crippen LogP contribution in [-0.4, -0.2) is 24.4 Å². The molecule has 1 unspecified atom stereocenters. The molecule has 0 aliphatic carbocycles. The normalized spacial score (nSPS) is 19.2. The molecule has 5 nitrogen and oxygen atoms in total. The zero-order valence-electron chi connectivity index (χ0n) is 10.1. The van der Waals surface area contributed by atoms with Crippen LogP contribution in [0.3, 0.4) is 0 Å². The van der Waals surface area contributed by atoms with E-state index in [0.29, 0.717) is 25.1 Å². The van der Waals surface area contributed by atoms with Crippen molar-refractivity contribution in [3.8, 4) is 0 Å². The van der Waals surface area contributed by atoms with Crippen LogP contribution in [0.15, 0.2) is 24.3 Å². The van der Waals surface area contributed by atoms with Gasteiger partial charge in [0.25, 0.3) is 5.91 Å². The van der Waals surface area contributed by atoms with Crippen molar-refractivity contribution in [1.82, 2.24) is 10.6 Å². The van der Waals surface area contributed by atoms with Gasteiger partial charge in [-0.3, -0.25) is 9.59 Å². The highest BCUT2D eigenvalue weighted by molar-refractivity contribution is 5.97. The van der Waals surface area contributed by atoms with Gasteiger partial charge in [-0.15, -0.1) is 0 Å². The quantitative estimate of drug-likeness (QED) is 0.711. The fourth-order valence-electron chi connectivity index (χ4n) is 1.94.